The first-order valence-corrected chi connectivity index (χ1v) is 12.7. The van der Waals surface area contributed by atoms with E-state index in [-0.39, 0.29) is 11.3 Å². The van der Waals surface area contributed by atoms with Gasteiger partial charge in [0.05, 0.1) is 23.6 Å². The molecule has 11 heteroatoms. The van der Waals surface area contributed by atoms with Gasteiger partial charge in [0.15, 0.2) is 11.4 Å². The number of carbonyl (C=O) groups is 3. The molecule has 1 aliphatic heterocycles. The smallest absolute Gasteiger partial charge is 0.255 e. The predicted octanol–water partition coefficient (Wildman–Crippen LogP) is -0.0694. The molecular weight excluding hydrogens is 494 g/mol. The van der Waals surface area contributed by atoms with Crippen molar-refractivity contribution in [1.82, 2.24) is 9.80 Å². The number of piperidine rings is 1. The minimum Gasteiger partial charge on any atom is -0.508 e. The van der Waals surface area contributed by atoms with E-state index in [4.69, 9.17) is 5.73 Å². The van der Waals surface area contributed by atoms with Crippen LogP contribution in [0, 0.1) is 18.3 Å². The molecule has 0 spiro atoms. The van der Waals surface area contributed by atoms with Crippen LogP contribution in [0.1, 0.15) is 36.0 Å². The van der Waals surface area contributed by atoms with E-state index < -0.39 is 69.7 Å². The lowest BCUT2D eigenvalue weighted by Gasteiger charge is -2.52. The number of primary amides is 1. The lowest BCUT2D eigenvalue weighted by Crippen LogP contribution is -2.70. The molecule has 0 aromatic heterocycles. The van der Waals surface area contributed by atoms with E-state index in [1.165, 1.54) is 25.4 Å². The van der Waals surface area contributed by atoms with E-state index in [1.807, 2.05) is 0 Å². The van der Waals surface area contributed by atoms with Crippen LogP contribution in [0.3, 0.4) is 0 Å². The number of benzene rings is 1. The second kappa shape index (κ2) is 9.19. The van der Waals surface area contributed by atoms with Crippen molar-refractivity contribution in [2.45, 2.75) is 43.6 Å². The van der Waals surface area contributed by atoms with Gasteiger partial charge in [0.1, 0.15) is 22.8 Å². The van der Waals surface area contributed by atoms with E-state index in [9.17, 15) is 39.9 Å². The quantitative estimate of drug-likeness (QED) is 0.290. The zero-order valence-electron chi connectivity index (χ0n) is 21.2. The molecule has 4 aliphatic rings. The maximum absolute atomic E-state index is 13.9. The molecule has 1 saturated heterocycles. The molecule has 1 aromatic carbocycles. The Labute approximate surface area is 219 Å². The normalized spacial score (nSPS) is 31.8. The van der Waals surface area contributed by atoms with E-state index >= 15 is 0 Å². The van der Waals surface area contributed by atoms with Crippen LogP contribution >= 0.6 is 0 Å². The summed E-state index contributed by atoms with van der Waals surface area (Å²) >= 11 is 0. The molecular formula is C27H32N3O8. The number of nitrogens with zero attached hydrogens (tertiary/aromatic N) is 2. The van der Waals surface area contributed by atoms with E-state index in [0.29, 0.717) is 17.7 Å². The number of phenolic OH excluding ortho intramolecular Hbond substituents is 1. The number of carbonyl (C=O) groups excluding carboxylic acids is 3. The first-order chi connectivity index (χ1) is 17.9. The number of likely N-dealkylation sites (tertiary alicyclic amines) is 1. The van der Waals surface area contributed by atoms with Gasteiger partial charge in [-0.15, -0.1) is 0 Å². The summed E-state index contributed by atoms with van der Waals surface area (Å²) < 4.78 is 0. The van der Waals surface area contributed by atoms with Crippen LogP contribution < -0.4 is 5.73 Å². The summed E-state index contributed by atoms with van der Waals surface area (Å²) in [5.41, 5.74) is 1.92. The fourth-order valence-electron chi connectivity index (χ4n) is 6.54. The molecule has 5 atom stereocenters. The number of likely N-dealkylation sites (N-methyl/N-ethyl adjacent to an activating group) is 1. The van der Waals surface area contributed by atoms with Gasteiger partial charge in [-0.3, -0.25) is 24.2 Å². The molecule has 203 valence electrons. The number of aromatic hydroxyl groups is 1. The minimum absolute atomic E-state index is 0.0250. The zero-order valence-corrected chi connectivity index (χ0v) is 21.2. The molecule has 2 fully saturated rings. The summed E-state index contributed by atoms with van der Waals surface area (Å²) in [6.45, 7) is 2.18. The molecule has 1 aromatic rings. The summed E-state index contributed by atoms with van der Waals surface area (Å²) in [5.74, 6) is -8.33. The lowest BCUT2D eigenvalue weighted by molar-refractivity contribution is -0.167. The van der Waals surface area contributed by atoms with Gasteiger partial charge in [-0.2, -0.15) is 0 Å². The van der Waals surface area contributed by atoms with Crippen LogP contribution in [0.5, 0.6) is 5.75 Å². The topological polar surface area (TPSA) is 185 Å². The largest absolute Gasteiger partial charge is 0.508 e. The molecule has 1 radical (unpaired) electrons. The van der Waals surface area contributed by atoms with Crippen molar-refractivity contribution in [3.8, 4) is 5.75 Å². The van der Waals surface area contributed by atoms with Crippen LogP contribution in [0.25, 0.3) is 5.76 Å². The van der Waals surface area contributed by atoms with Crippen molar-refractivity contribution in [3.63, 3.8) is 0 Å². The van der Waals surface area contributed by atoms with E-state index in [2.05, 4.69) is 4.90 Å². The zero-order chi connectivity index (χ0) is 27.7. The summed E-state index contributed by atoms with van der Waals surface area (Å²) in [4.78, 5) is 42.6. The molecule has 5 rings (SSSR count). The Balaban J connectivity index is 1.66. The highest BCUT2D eigenvalue weighted by molar-refractivity contribution is 6.24. The van der Waals surface area contributed by atoms with Crippen LogP contribution in [0.4, 0.5) is 0 Å². The van der Waals surface area contributed by atoms with E-state index in [1.54, 1.807) is 12.1 Å². The number of ketones is 2. The van der Waals surface area contributed by atoms with Gasteiger partial charge in [-0.1, -0.05) is 18.6 Å². The number of amides is 1. The lowest BCUT2D eigenvalue weighted by atomic mass is 9.56. The monoisotopic (exact) mass is 526 g/mol. The number of hydrogen-bond donors (Lipinski definition) is 6. The van der Waals surface area contributed by atoms with Gasteiger partial charge in [0, 0.05) is 30.0 Å². The van der Waals surface area contributed by atoms with Crippen molar-refractivity contribution in [2.24, 2.45) is 17.6 Å². The maximum atomic E-state index is 13.9. The Hall–Kier alpha value is -3.25. The number of phenols is 1. The minimum atomic E-state index is -2.92. The SMILES string of the molecule is CN(C)[C@@H]1C(=O)C(C(N)=O)=C(O)[C@@]2(O)C(=O)C3=C(O)c4c(ccc(CN5CCCCC5)c4O)[CH][C@H]3[C@H](O)[C@@H]12. The number of aliphatic hydroxyl groups excluding tert-OH is 3. The van der Waals surface area contributed by atoms with Gasteiger partial charge in [-0.05, 0) is 45.6 Å². The Morgan fingerprint density at radius 2 is 1.79 bits per heavy atom. The van der Waals surface area contributed by atoms with Crippen molar-refractivity contribution in [3.05, 3.63) is 52.1 Å². The third kappa shape index (κ3) is 3.60. The van der Waals surface area contributed by atoms with Gasteiger partial charge >= 0.3 is 0 Å². The second-order valence-corrected chi connectivity index (χ2v) is 10.8. The average Bonchev–Trinajstić information content (AvgIpc) is 2.86. The van der Waals surface area contributed by atoms with Crippen LogP contribution in [-0.2, 0) is 20.9 Å². The Morgan fingerprint density at radius 1 is 1.13 bits per heavy atom. The van der Waals surface area contributed by atoms with Crippen LogP contribution in [0.15, 0.2) is 29.0 Å². The van der Waals surface area contributed by atoms with Gasteiger partial charge in [0.25, 0.3) is 5.91 Å². The number of nitrogens with two attached hydrogens (primary N) is 1. The van der Waals surface area contributed by atoms with Crippen molar-refractivity contribution >= 4 is 23.2 Å². The fraction of sp³-hybridized carbons (Fsp3) is 0.481. The molecule has 1 heterocycles. The Kier molecular flexibility index (Phi) is 6.38. The molecule has 1 amide bonds. The second-order valence-electron chi connectivity index (χ2n) is 10.8. The molecule has 0 unspecified atom stereocenters. The third-order valence-corrected chi connectivity index (χ3v) is 8.39. The Bertz CT molecular complexity index is 1300. The van der Waals surface area contributed by atoms with Gasteiger partial charge in [0.2, 0.25) is 5.78 Å². The van der Waals surface area contributed by atoms with Crippen molar-refractivity contribution in [1.29, 1.82) is 0 Å². The van der Waals surface area contributed by atoms with Crippen LogP contribution in [-0.4, -0.2) is 97.7 Å². The van der Waals surface area contributed by atoms with Gasteiger partial charge in [-0.25, -0.2) is 0 Å². The first-order valence-electron chi connectivity index (χ1n) is 12.7. The molecule has 7 N–H and O–H groups in total. The molecule has 1 saturated carbocycles. The first kappa shape index (κ1) is 26.4. The molecule has 0 bridgehead atoms. The summed E-state index contributed by atoms with van der Waals surface area (Å²) in [7, 11) is 2.93. The van der Waals surface area contributed by atoms with Crippen LogP contribution in [0.2, 0.25) is 0 Å². The predicted molar refractivity (Wildman–Crippen MR) is 134 cm³/mol. The Morgan fingerprint density at radius 3 is 2.39 bits per heavy atom. The summed E-state index contributed by atoms with van der Waals surface area (Å²) in [5, 5.41) is 56.5. The standard InChI is InChI=1S/C27H32N3O8/c1-29(2)19-18-21(32)14-10-12-6-7-13(11-30-8-4-3-5-9-30)20(31)15(12)22(33)16(14)24(35)27(18,38)25(36)17(23(19)34)26(28)37/h6-7,10,14,18-19,21,31-33,36,38H,3-5,8-9,11H2,1-2H3,(H2,28,37)/t14-,18-,19+,21+,27+/m1/s1. The molecule has 38 heavy (non-hydrogen) atoms. The average molecular weight is 527 g/mol. The highest BCUT2D eigenvalue weighted by Crippen LogP contribution is 2.53. The number of fused-ring (bicyclic) bond motifs is 3. The number of aliphatic hydroxyl groups is 4. The highest BCUT2D eigenvalue weighted by Gasteiger charge is 2.67. The van der Waals surface area contributed by atoms with Crippen molar-refractivity contribution in [2.75, 3.05) is 27.2 Å². The summed E-state index contributed by atoms with van der Waals surface area (Å²) in [6.07, 6.45) is 3.10. The fourth-order valence-corrected chi connectivity index (χ4v) is 6.54. The number of rotatable bonds is 4. The highest BCUT2D eigenvalue weighted by atomic mass is 16.4. The number of hydrogen-bond acceptors (Lipinski definition) is 10. The third-order valence-electron chi connectivity index (χ3n) is 8.39. The molecule has 11 nitrogen and oxygen atoms in total. The van der Waals surface area contributed by atoms with E-state index in [0.717, 1.165) is 32.4 Å². The maximum Gasteiger partial charge on any atom is 0.255 e. The molecule has 3 aliphatic carbocycles. The van der Waals surface area contributed by atoms with Gasteiger partial charge < -0.3 is 31.3 Å². The van der Waals surface area contributed by atoms with Crippen molar-refractivity contribution < 1.29 is 39.9 Å². The number of Topliss-reactive ketones (excluding diaryl/α,β-unsaturated/α-hetero) is 2. The summed E-state index contributed by atoms with van der Waals surface area (Å²) in [6, 6.07) is 2.03.